The van der Waals surface area contributed by atoms with Gasteiger partial charge in [-0.15, -0.1) is 0 Å². The Labute approximate surface area is 201 Å². The summed E-state index contributed by atoms with van der Waals surface area (Å²) in [5, 5.41) is 6.54. The normalized spacial score (nSPS) is 10.7. The smallest absolute Gasteiger partial charge is 0.248 e. The Morgan fingerprint density at radius 1 is 1.00 bits per heavy atom. The number of halogens is 2. The Morgan fingerprint density at radius 3 is 2.30 bits per heavy atom. The van der Waals surface area contributed by atoms with Gasteiger partial charge < -0.3 is 30.6 Å². The van der Waals surface area contributed by atoms with Crippen LogP contribution in [0.5, 0.6) is 17.2 Å². The molecule has 0 saturated heterocycles. The third-order valence-corrected chi connectivity index (χ3v) is 5.29. The van der Waals surface area contributed by atoms with E-state index >= 15 is 0 Å². The summed E-state index contributed by atoms with van der Waals surface area (Å²) in [5.41, 5.74) is 8.62. The van der Waals surface area contributed by atoms with Crippen molar-refractivity contribution in [1.82, 2.24) is 4.98 Å². The van der Waals surface area contributed by atoms with E-state index in [-0.39, 0.29) is 5.02 Å². The molecule has 0 spiro atoms. The Kier molecular flexibility index (Phi) is 7.87. The zero-order chi connectivity index (χ0) is 24.0. The molecule has 0 atom stereocenters. The van der Waals surface area contributed by atoms with E-state index in [4.69, 9.17) is 43.1 Å². The summed E-state index contributed by atoms with van der Waals surface area (Å²) >= 11 is 11.9. The minimum absolute atomic E-state index is 0.288. The van der Waals surface area contributed by atoms with E-state index in [0.717, 1.165) is 5.56 Å². The van der Waals surface area contributed by atoms with Gasteiger partial charge in [0.25, 0.3) is 0 Å². The number of rotatable bonds is 8. The molecule has 10 heteroatoms. The molecule has 3 aromatic rings. The number of nitrogens with zero attached hydrogens (tertiary/aromatic N) is 1. The maximum atomic E-state index is 12.4. The standard InChI is InChI=1S/C23H22Cl2N4O4/c1-31-20-8-14(9-21(32-2)23(20)33-3)28-19-12-27-7-6-13(19)4-5-22(30)29-18-11-16(25)15(24)10-17(18)26/h4-12,28H,26H2,1-3H3,(H,29,30)/b5-4+. The monoisotopic (exact) mass is 488 g/mol. The first-order valence-electron chi connectivity index (χ1n) is 9.61. The maximum Gasteiger partial charge on any atom is 0.248 e. The first-order chi connectivity index (χ1) is 15.9. The van der Waals surface area contributed by atoms with Crippen LogP contribution in [0.25, 0.3) is 6.08 Å². The quantitative estimate of drug-likeness (QED) is 0.288. The number of nitrogen functional groups attached to an aromatic ring is 1. The summed E-state index contributed by atoms with van der Waals surface area (Å²) in [6.45, 7) is 0. The van der Waals surface area contributed by atoms with Crippen LogP contribution in [0.4, 0.5) is 22.7 Å². The molecule has 4 N–H and O–H groups in total. The molecular weight excluding hydrogens is 467 g/mol. The lowest BCUT2D eigenvalue weighted by molar-refractivity contribution is -0.111. The zero-order valence-electron chi connectivity index (χ0n) is 18.1. The summed E-state index contributed by atoms with van der Waals surface area (Å²) in [7, 11) is 4.62. The van der Waals surface area contributed by atoms with E-state index in [0.29, 0.717) is 45.0 Å². The fraction of sp³-hybridized carbons (Fsp3) is 0.130. The lowest BCUT2D eigenvalue weighted by atomic mass is 10.2. The highest BCUT2D eigenvalue weighted by Gasteiger charge is 2.14. The van der Waals surface area contributed by atoms with Gasteiger partial charge in [-0.25, -0.2) is 0 Å². The number of carbonyl (C=O) groups excluding carboxylic acids is 1. The van der Waals surface area contributed by atoms with Crippen LogP contribution in [0.15, 0.2) is 48.8 Å². The minimum atomic E-state index is -0.393. The van der Waals surface area contributed by atoms with Gasteiger partial charge in [-0.3, -0.25) is 9.78 Å². The number of ether oxygens (including phenoxy) is 3. The molecule has 3 rings (SSSR count). The first kappa shape index (κ1) is 24.0. The predicted molar refractivity (Wildman–Crippen MR) is 132 cm³/mol. The van der Waals surface area contributed by atoms with Crippen molar-refractivity contribution in [3.05, 3.63) is 64.4 Å². The highest BCUT2D eigenvalue weighted by molar-refractivity contribution is 6.42. The number of carbonyl (C=O) groups is 1. The number of benzene rings is 2. The molecule has 0 aliphatic rings. The number of anilines is 4. The van der Waals surface area contributed by atoms with Crippen molar-refractivity contribution < 1.29 is 19.0 Å². The van der Waals surface area contributed by atoms with Crippen molar-refractivity contribution in [1.29, 1.82) is 0 Å². The van der Waals surface area contributed by atoms with Crippen LogP contribution in [0.2, 0.25) is 10.0 Å². The lowest BCUT2D eigenvalue weighted by Crippen LogP contribution is -2.09. The highest BCUT2D eigenvalue weighted by atomic mass is 35.5. The van der Waals surface area contributed by atoms with Gasteiger partial charge in [0, 0.05) is 35.7 Å². The highest BCUT2D eigenvalue weighted by Crippen LogP contribution is 2.40. The van der Waals surface area contributed by atoms with Gasteiger partial charge in [-0.2, -0.15) is 0 Å². The summed E-state index contributed by atoms with van der Waals surface area (Å²) in [6, 6.07) is 8.27. The van der Waals surface area contributed by atoms with Crippen LogP contribution in [-0.2, 0) is 4.79 Å². The Bertz CT molecular complexity index is 1180. The van der Waals surface area contributed by atoms with E-state index in [1.54, 1.807) is 50.9 Å². The maximum absolute atomic E-state index is 12.4. The zero-order valence-corrected chi connectivity index (χ0v) is 19.6. The molecule has 0 unspecified atom stereocenters. The van der Waals surface area contributed by atoms with Crippen molar-refractivity contribution in [3.8, 4) is 17.2 Å². The molecule has 1 aromatic heterocycles. The van der Waals surface area contributed by atoms with Gasteiger partial charge in [-0.05, 0) is 24.3 Å². The number of aromatic nitrogens is 1. The van der Waals surface area contributed by atoms with Crippen molar-refractivity contribution in [2.75, 3.05) is 37.7 Å². The number of amides is 1. The summed E-state index contributed by atoms with van der Waals surface area (Å²) < 4.78 is 16.1. The van der Waals surface area contributed by atoms with Gasteiger partial charge in [0.15, 0.2) is 11.5 Å². The molecule has 0 aliphatic heterocycles. The lowest BCUT2D eigenvalue weighted by Gasteiger charge is -2.16. The van der Waals surface area contributed by atoms with Gasteiger partial charge in [-0.1, -0.05) is 23.2 Å². The molecule has 0 bridgehead atoms. The largest absolute Gasteiger partial charge is 0.493 e. The molecule has 0 fully saturated rings. The summed E-state index contributed by atoms with van der Waals surface area (Å²) in [6.07, 6.45) is 6.27. The molecule has 2 aromatic carbocycles. The second-order valence-electron chi connectivity index (χ2n) is 6.68. The fourth-order valence-corrected chi connectivity index (χ4v) is 3.31. The van der Waals surface area contributed by atoms with Crippen LogP contribution in [0.3, 0.4) is 0 Å². The molecular formula is C23H22Cl2N4O4. The van der Waals surface area contributed by atoms with Crippen LogP contribution < -0.4 is 30.6 Å². The average molecular weight is 489 g/mol. The van der Waals surface area contributed by atoms with Crippen LogP contribution in [-0.4, -0.2) is 32.2 Å². The van der Waals surface area contributed by atoms with Gasteiger partial charge in [0.05, 0.1) is 54.6 Å². The van der Waals surface area contributed by atoms with Crippen molar-refractivity contribution in [2.24, 2.45) is 0 Å². The van der Waals surface area contributed by atoms with E-state index in [2.05, 4.69) is 15.6 Å². The summed E-state index contributed by atoms with van der Waals surface area (Å²) in [4.78, 5) is 16.6. The molecule has 33 heavy (non-hydrogen) atoms. The minimum Gasteiger partial charge on any atom is -0.493 e. The summed E-state index contributed by atoms with van der Waals surface area (Å²) in [5.74, 6) is 1.09. The molecule has 1 heterocycles. The van der Waals surface area contributed by atoms with E-state index in [1.807, 2.05) is 0 Å². The molecule has 0 saturated carbocycles. The van der Waals surface area contributed by atoms with Gasteiger partial charge >= 0.3 is 0 Å². The Hall–Kier alpha value is -3.62. The van der Waals surface area contributed by atoms with E-state index in [1.165, 1.54) is 25.3 Å². The SMILES string of the molecule is COc1cc(Nc2cnccc2/C=C/C(=O)Nc2cc(Cl)c(Cl)cc2N)cc(OC)c1OC. The molecule has 1 amide bonds. The van der Waals surface area contributed by atoms with E-state index < -0.39 is 5.91 Å². The van der Waals surface area contributed by atoms with Crippen LogP contribution in [0, 0.1) is 0 Å². The number of methoxy groups -OCH3 is 3. The number of nitrogens with two attached hydrogens (primary N) is 1. The predicted octanol–water partition coefficient (Wildman–Crippen LogP) is 5.39. The number of hydrogen-bond acceptors (Lipinski definition) is 7. The van der Waals surface area contributed by atoms with Crippen molar-refractivity contribution in [3.63, 3.8) is 0 Å². The van der Waals surface area contributed by atoms with Crippen molar-refractivity contribution in [2.45, 2.75) is 0 Å². The third-order valence-electron chi connectivity index (χ3n) is 4.56. The van der Waals surface area contributed by atoms with Gasteiger partial charge in [0.2, 0.25) is 11.7 Å². The Balaban J connectivity index is 1.82. The number of pyridine rings is 1. The topological polar surface area (TPSA) is 108 Å². The Morgan fingerprint density at radius 2 is 1.67 bits per heavy atom. The second-order valence-corrected chi connectivity index (χ2v) is 7.49. The van der Waals surface area contributed by atoms with Crippen molar-refractivity contribution >= 4 is 57.9 Å². The van der Waals surface area contributed by atoms with Crippen LogP contribution >= 0.6 is 23.2 Å². The van der Waals surface area contributed by atoms with Crippen LogP contribution in [0.1, 0.15) is 5.56 Å². The number of hydrogen-bond donors (Lipinski definition) is 3. The second kappa shape index (κ2) is 10.8. The van der Waals surface area contributed by atoms with Gasteiger partial charge in [0.1, 0.15) is 0 Å². The molecule has 0 radical (unpaired) electrons. The average Bonchev–Trinajstić information content (AvgIpc) is 2.81. The fourth-order valence-electron chi connectivity index (χ4n) is 2.97. The number of nitrogens with one attached hydrogen (secondary N) is 2. The molecule has 0 aliphatic carbocycles. The van der Waals surface area contributed by atoms with E-state index in [9.17, 15) is 4.79 Å². The molecule has 172 valence electrons. The molecule has 8 nitrogen and oxygen atoms in total. The third kappa shape index (κ3) is 5.79. The first-order valence-corrected chi connectivity index (χ1v) is 10.4.